The van der Waals surface area contributed by atoms with Crippen molar-refractivity contribution in [1.82, 2.24) is 0 Å². The second kappa shape index (κ2) is 10.8. The summed E-state index contributed by atoms with van der Waals surface area (Å²) in [7, 11) is 0. The van der Waals surface area contributed by atoms with E-state index in [0.29, 0.717) is 22.9 Å². The number of hydrogen-bond acceptors (Lipinski definition) is 7. The smallest absolute Gasteiger partial charge is 0.419 e. The molecule has 0 aliphatic carbocycles. The molecule has 3 aromatic rings. The summed E-state index contributed by atoms with van der Waals surface area (Å²) in [6, 6.07) is 14.9. The number of nitriles is 1. The molecule has 0 aromatic heterocycles. The molecule has 0 bridgehead atoms. The molecule has 0 unspecified atom stereocenters. The number of hydrogen-bond donors (Lipinski definition) is 1. The van der Waals surface area contributed by atoms with Gasteiger partial charge in [0.25, 0.3) is 0 Å². The Labute approximate surface area is 217 Å². The molecule has 0 saturated carbocycles. The lowest BCUT2D eigenvalue weighted by Crippen LogP contribution is -2.25. The highest BCUT2D eigenvalue weighted by molar-refractivity contribution is 5.95. The SMILES string of the molecule is CC(=O)Oc1ccc(-c2ccc(OCc3ccc(C(F)(F)F)c(O)c3C(=O)OC(C)(C)C)cc2)c(C#N)c1. The summed E-state index contributed by atoms with van der Waals surface area (Å²) in [6.07, 6.45) is -4.88. The minimum absolute atomic E-state index is 0.00153. The molecule has 0 radical (unpaired) electrons. The van der Waals surface area contributed by atoms with E-state index < -0.39 is 40.6 Å². The highest BCUT2D eigenvalue weighted by atomic mass is 19.4. The number of carbonyl (C=O) groups is 2. The predicted octanol–water partition coefficient (Wildman–Crippen LogP) is 6.41. The van der Waals surface area contributed by atoms with Crippen LogP contribution in [0.2, 0.25) is 0 Å². The fourth-order valence-corrected chi connectivity index (χ4v) is 3.53. The molecule has 3 rings (SSSR count). The van der Waals surface area contributed by atoms with Gasteiger partial charge in [-0.15, -0.1) is 0 Å². The lowest BCUT2D eigenvalue weighted by Gasteiger charge is -2.22. The van der Waals surface area contributed by atoms with Gasteiger partial charge >= 0.3 is 18.1 Å². The van der Waals surface area contributed by atoms with E-state index in [2.05, 4.69) is 6.07 Å². The number of alkyl halides is 3. The summed E-state index contributed by atoms with van der Waals surface area (Å²) in [6.45, 7) is 5.57. The van der Waals surface area contributed by atoms with E-state index in [1.807, 2.05) is 0 Å². The highest BCUT2D eigenvalue weighted by Gasteiger charge is 2.37. The van der Waals surface area contributed by atoms with Crippen LogP contribution in [0.25, 0.3) is 11.1 Å². The molecule has 0 spiro atoms. The van der Waals surface area contributed by atoms with Gasteiger partial charge in [-0.1, -0.05) is 18.2 Å². The Morgan fingerprint density at radius 1 is 0.974 bits per heavy atom. The first-order chi connectivity index (χ1) is 17.7. The summed E-state index contributed by atoms with van der Waals surface area (Å²) in [5.41, 5.74) is -1.48. The summed E-state index contributed by atoms with van der Waals surface area (Å²) < 4.78 is 55.9. The normalized spacial score (nSPS) is 11.4. The van der Waals surface area contributed by atoms with Crippen molar-refractivity contribution in [2.45, 2.75) is 46.1 Å². The Balaban J connectivity index is 1.86. The van der Waals surface area contributed by atoms with Crippen LogP contribution in [-0.2, 0) is 22.3 Å². The third-order valence-electron chi connectivity index (χ3n) is 5.11. The predicted molar refractivity (Wildman–Crippen MR) is 131 cm³/mol. The molecule has 0 aliphatic rings. The average molecular weight is 527 g/mol. The van der Waals surface area contributed by atoms with E-state index in [9.17, 15) is 33.1 Å². The van der Waals surface area contributed by atoms with Crippen LogP contribution in [0.3, 0.4) is 0 Å². The van der Waals surface area contributed by atoms with Crippen LogP contribution in [0.1, 0.15) is 54.7 Å². The van der Waals surface area contributed by atoms with Crippen LogP contribution in [-0.4, -0.2) is 22.6 Å². The third kappa shape index (κ3) is 6.82. The quantitative estimate of drug-likeness (QED) is 0.292. The molecule has 0 aliphatic heterocycles. The van der Waals surface area contributed by atoms with Crippen LogP contribution < -0.4 is 9.47 Å². The van der Waals surface area contributed by atoms with Gasteiger partial charge in [0.15, 0.2) is 0 Å². The number of rotatable bonds is 6. The second-order valence-corrected chi connectivity index (χ2v) is 9.22. The van der Waals surface area contributed by atoms with E-state index in [1.165, 1.54) is 13.0 Å². The van der Waals surface area contributed by atoms with E-state index in [-0.39, 0.29) is 23.5 Å². The number of phenolic OH excluding ortho intramolecular Hbond substituents is 1. The maximum atomic E-state index is 13.3. The zero-order chi connectivity index (χ0) is 28.3. The van der Waals surface area contributed by atoms with Crippen LogP contribution in [0, 0.1) is 11.3 Å². The standard InChI is InChI=1S/C28H24F3NO6/c1-16(33)37-21-10-11-22(19(13-21)14-32)17-5-8-20(9-6-17)36-15-18-7-12-23(28(29,30)31)25(34)24(18)26(35)38-27(2,3)4/h5-13,34H,15H2,1-4H3. The molecular weight excluding hydrogens is 503 g/mol. The number of aromatic hydroxyl groups is 1. The first-order valence-electron chi connectivity index (χ1n) is 11.3. The molecule has 7 nitrogen and oxygen atoms in total. The fraction of sp³-hybridized carbons (Fsp3) is 0.250. The monoisotopic (exact) mass is 527 g/mol. The number of benzene rings is 3. The summed E-state index contributed by atoms with van der Waals surface area (Å²) >= 11 is 0. The molecule has 1 N–H and O–H groups in total. The Bertz CT molecular complexity index is 1400. The number of phenols is 1. The van der Waals surface area contributed by atoms with Crippen molar-refractivity contribution in [2.75, 3.05) is 0 Å². The van der Waals surface area contributed by atoms with Gasteiger partial charge in [-0.25, -0.2) is 4.79 Å². The number of esters is 2. The van der Waals surface area contributed by atoms with Gasteiger partial charge in [-0.05, 0) is 68.3 Å². The van der Waals surface area contributed by atoms with Crippen LogP contribution in [0.4, 0.5) is 13.2 Å². The molecule has 0 heterocycles. The van der Waals surface area contributed by atoms with Gasteiger partial charge in [0.2, 0.25) is 0 Å². The molecule has 0 atom stereocenters. The Morgan fingerprint density at radius 2 is 1.61 bits per heavy atom. The summed E-state index contributed by atoms with van der Waals surface area (Å²) in [5.74, 6) is -2.31. The number of halogens is 3. The van der Waals surface area contributed by atoms with Crippen molar-refractivity contribution in [2.24, 2.45) is 0 Å². The van der Waals surface area contributed by atoms with E-state index in [0.717, 1.165) is 6.07 Å². The fourth-order valence-electron chi connectivity index (χ4n) is 3.53. The van der Waals surface area contributed by atoms with Gasteiger partial charge in [0.05, 0.1) is 17.2 Å². The van der Waals surface area contributed by atoms with Crippen molar-refractivity contribution in [3.05, 3.63) is 76.9 Å². The molecule has 38 heavy (non-hydrogen) atoms. The van der Waals surface area contributed by atoms with Gasteiger partial charge in [-0.2, -0.15) is 18.4 Å². The molecule has 10 heteroatoms. The molecule has 0 amide bonds. The number of carbonyl (C=O) groups excluding carboxylic acids is 2. The minimum atomic E-state index is -4.88. The van der Waals surface area contributed by atoms with Crippen LogP contribution in [0.5, 0.6) is 17.2 Å². The van der Waals surface area contributed by atoms with Crippen molar-refractivity contribution < 1.29 is 42.1 Å². The zero-order valence-electron chi connectivity index (χ0n) is 21.0. The van der Waals surface area contributed by atoms with E-state index >= 15 is 0 Å². The second-order valence-electron chi connectivity index (χ2n) is 9.22. The average Bonchev–Trinajstić information content (AvgIpc) is 2.80. The molecule has 0 fully saturated rings. The molecule has 3 aromatic carbocycles. The maximum Gasteiger partial charge on any atom is 0.419 e. The van der Waals surface area contributed by atoms with E-state index in [4.69, 9.17) is 14.2 Å². The Kier molecular flexibility index (Phi) is 8.01. The van der Waals surface area contributed by atoms with Gasteiger partial charge in [0, 0.05) is 12.5 Å². The van der Waals surface area contributed by atoms with Gasteiger partial charge in [-0.3, -0.25) is 4.79 Å². The largest absolute Gasteiger partial charge is 0.506 e. The van der Waals surface area contributed by atoms with Crippen molar-refractivity contribution in [1.29, 1.82) is 5.26 Å². The van der Waals surface area contributed by atoms with Crippen LogP contribution in [0.15, 0.2) is 54.6 Å². The van der Waals surface area contributed by atoms with Crippen LogP contribution >= 0.6 is 0 Å². The first-order valence-corrected chi connectivity index (χ1v) is 11.3. The first kappa shape index (κ1) is 28.1. The zero-order valence-corrected chi connectivity index (χ0v) is 21.0. The topological polar surface area (TPSA) is 106 Å². The Hall–Kier alpha value is -4.52. The summed E-state index contributed by atoms with van der Waals surface area (Å²) in [4.78, 5) is 23.8. The van der Waals surface area contributed by atoms with Gasteiger partial charge in [0.1, 0.15) is 35.0 Å². The van der Waals surface area contributed by atoms with Crippen molar-refractivity contribution in [3.63, 3.8) is 0 Å². The summed E-state index contributed by atoms with van der Waals surface area (Å²) in [5, 5.41) is 19.8. The maximum absolute atomic E-state index is 13.3. The minimum Gasteiger partial charge on any atom is -0.506 e. The van der Waals surface area contributed by atoms with Crippen molar-refractivity contribution in [3.8, 4) is 34.4 Å². The number of ether oxygens (including phenoxy) is 3. The lowest BCUT2D eigenvalue weighted by molar-refractivity contribution is -0.138. The lowest BCUT2D eigenvalue weighted by atomic mass is 10.00. The van der Waals surface area contributed by atoms with Crippen molar-refractivity contribution >= 4 is 11.9 Å². The third-order valence-corrected chi connectivity index (χ3v) is 5.11. The molecule has 198 valence electrons. The molecular formula is C28H24F3NO6. The van der Waals surface area contributed by atoms with E-state index in [1.54, 1.807) is 57.2 Å². The number of nitrogens with zero attached hydrogens (tertiary/aromatic N) is 1. The Morgan fingerprint density at radius 3 is 2.16 bits per heavy atom. The highest BCUT2D eigenvalue weighted by Crippen LogP contribution is 2.39. The van der Waals surface area contributed by atoms with Gasteiger partial charge < -0.3 is 19.3 Å². The molecule has 0 saturated heterocycles.